The Bertz CT molecular complexity index is 832. The Balaban J connectivity index is 1.82. The van der Waals surface area contributed by atoms with Crippen molar-refractivity contribution in [2.45, 2.75) is 59.8 Å². The Labute approximate surface area is 182 Å². The van der Waals surface area contributed by atoms with Gasteiger partial charge >= 0.3 is 5.97 Å². The third-order valence-electron chi connectivity index (χ3n) is 5.17. The second kappa shape index (κ2) is 10.0. The van der Waals surface area contributed by atoms with Crippen LogP contribution in [0.2, 0.25) is 0 Å². The zero-order chi connectivity index (χ0) is 22.4. The van der Waals surface area contributed by atoms with E-state index in [1.54, 1.807) is 6.07 Å². The number of rotatable bonds is 9. The van der Waals surface area contributed by atoms with Crippen LogP contribution in [0.4, 0.5) is 5.69 Å². The molecule has 0 atom stereocenters. The van der Waals surface area contributed by atoms with E-state index in [1.165, 1.54) is 12.7 Å². The summed E-state index contributed by atoms with van der Waals surface area (Å²) in [7, 11) is 1.39. The lowest BCUT2D eigenvalue weighted by Crippen LogP contribution is -2.24. The van der Waals surface area contributed by atoms with E-state index in [0.717, 1.165) is 36.4 Å². The minimum absolute atomic E-state index is 0.136. The van der Waals surface area contributed by atoms with Crippen LogP contribution in [-0.4, -0.2) is 26.2 Å². The fraction of sp³-hybridized carbons (Fsp3) is 0.500. The molecule has 30 heavy (non-hydrogen) atoms. The number of esters is 1. The molecule has 0 aliphatic heterocycles. The zero-order valence-electron chi connectivity index (χ0n) is 19.6. The predicted octanol–water partition coefficient (Wildman–Crippen LogP) is 6.38. The van der Waals surface area contributed by atoms with Crippen molar-refractivity contribution in [1.29, 1.82) is 0 Å². The maximum absolute atomic E-state index is 11.7. The van der Waals surface area contributed by atoms with Crippen LogP contribution in [0.3, 0.4) is 0 Å². The zero-order valence-corrected chi connectivity index (χ0v) is 19.6. The Morgan fingerprint density at radius 3 is 2.27 bits per heavy atom. The Morgan fingerprint density at radius 1 is 1.00 bits per heavy atom. The van der Waals surface area contributed by atoms with Crippen LogP contribution in [-0.2, 0) is 10.2 Å². The SMILES string of the molecule is COC(=O)c1ccc(C)c(NCCCOc2ccc(C(C)(C)CC(C)(C)C)cc2)c1. The highest BCUT2D eigenvalue weighted by Gasteiger charge is 2.27. The lowest BCUT2D eigenvalue weighted by molar-refractivity contribution is 0.0601. The molecular weight excluding hydrogens is 374 g/mol. The summed E-state index contributed by atoms with van der Waals surface area (Å²) in [5, 5.41) is 3.38. The quantitative estimate of drug-likeness (QED) is 0.384. The molecule has 0 aliphatic carbocycles. The number of nitrogens with one attached hydrogen (secondary N) is 1. The van der Waals surface area contributed by atoms with Gasteiger partial charge in [0.15, 0.2) is 0 Å². The first-order valence-corrected chi connectivity index (χ1v) is 10.7. The standard InChI is InChI=1S/C26H37NO3/c1-19-9-10-20(24(28)29-7)17-23(19)27-15-8-16-30-22-13-11-21(12-14-22)26(5,6)18-25(2,3)4/h9-14,17,27H,8,15-16,18H2,1-7H3. The van der Waals surface area contributed by atoms with Gasteiger partial charge in [-0.05, 0) is 66.0 Å². The van der Waals surface area contributed by atoms with E-state index in [9.17, 15) is 4.79 Å². The van der Waals surface area contributed by atoms with Crippen LogP contribution in [0.5, 0.6) is 5.75 Å². The first-order chi connectivity index (χ1) is 14.0. The van der Waals surface area contributed by atoms with Gasteiger partial charge < -0.3 is 14.8 Å². The van der Waals surface area contributed by atoms with E-state index < -0.39 is 0 Å². The number of carbonyl (C=O) groups excluding carboxylic acids is 1. The summed E-state index contributed by atoms with van der Waals surface area (Å²) in [4.78, 5) is 11.7. The molecule has 0 amide bonds. The molecule has 0 unspecified atom stereocenters. The molecule has 2 aromatic carbocycles. The molecule has 1 N–H and O–H groups in total. The molecule has 4 heteroatoms. The number of aryl methyl sites for hydroxylation is 1. The van der Waals surface area contributed by atoms with E-state index >= 15 is 0 Å². The van der Waals surface area contributed by atoms with E-state index in [0.29, 0.717) is 17.6 Å². The normalized spacial score (nSPS) is 11.8. The minimum atomic E-state index is -0.324. The average Bonchev–Trinajstić information content (AvgIpc) is 2.67. The molecule has 0 saturated carbocycles. The number of carbonyl (C=O) groups is 1. The molecule has 0 heterocycles. The largest absolute Gasteiger partial charge is 0.494 e. The van der Waals surface area contributed by atoms with Gasteiger partial charge in [0.2, 0.25) is 0 Å². The Morgan fingerprint density at radius 2 is 1.67 bits per heavy atom. The number of hydrogen-bond donors (Lipinski definition) is 1. The molecule has 164 valence electrons. The Hall–Kier alpha value is -2.49. The lowest BCUT2D eigenvalue weighted by Gasteiger charge is -2.33. The van der Waals surface area contributed by atoms with Crippen molar-refractivity contribution in [1.82, 2.24) is 0 Å². The summed E-state index contributed by atoms with van der Waals surface area (Å²) in [5.41, 5.74) is 4.36. The van der Waals surface area contributed by atoms with Crippen LogP contribution in [0.1, 0.15) is 68.9 Å². The van der Waals surface area contributed by atoms with Crippen LogP contribution in [0, 0.1) is 12.3 Å². The van der Waals surface area contributed by atoms with E-state index in [-0.39, 0.29) is 11.4 Å². The van der Waals surface area contributed by atoms with Crippen molar-refractivity contribution < 1.29 is 14.3 Å². The monoisotopic (exact) mass is 411 g/mol. The van der Waals surface area contributed by atoms with E-state index in [1.807, 2.05) is 19.1 Å². The summed E-state index contributed by atoms with van der Waals surface area (Å²) in [6, 6.07) is 14.0. The number of anilines is 1. The van der Waals surface area contributed by atoms with Crippen LogP contribution < -0.4 is 10.1 Å². The Kier molecular flexibility index (Phi) is 7.94. The van der Waals surface area contributed by atoms with Crippen molar-refractivity contribution in [2.75, 3.05) is 25.6 Å². The molecular formula is C26H37NO3. The second-order valence-electron chi connectivity index (χ2n) is 9.80. The molecule has 0 radical (unpaired) electrons. The molecule has 2 aromatic rings. The number of methoxy groups -OCH3 is 1. The highest BCUT2D eigenvalue weighted by atomic mass is 16.5. The summed E-state index contributed by atoms with van der Waals surface area (Å²) in [6.07, 6.45) is 1.99. The fourth-order valence-corrected chi connectivity index (χ4v) is 3.97. The molecule has 2 rings (SSSR count). The number of benzene rings is 2. The predicted molar refractivity (Wildman–Crippen MR) is 125 cm³/mol. The highest BCUT2D eigenvalue weighted by Crippen LogP contribution is 2.36. The van der Waals surface area contributed by atoms with Crippen LogP contribution in [0.25, 0.3) is 0 Å². The molecule has 0 bridgehead atoms. The summed E-state index contributed by atoms with van der Waals surface area (Å²) < 4.78 is 10.7. The third kappa shape index (κ3) is 7.08. The van der Waals surface area contributed by atoms with Gasteiger partial charge in [0.25, 0.3) is 0 Å². The van der Waals surface area contributed by atoms with Gasteiger partial charge in [0, 0.05) is 12.2 Å². The van der Waals surface area contributed by atoms with Crippen molar-refractivity contribution in [3.8, 4) is 5.75 Å². The lowest BCUT2D eigenvalue weighted by atomic mass is 9.72. The smallest absolute Gasteiger partial charge is 0.337 e. The maximum atomic E-state index is 11.7. The van der Waals surface area contributed by atoms with Crippen molar-refractivity contribution in [3.05, 3.63) is 59.2 Å². The first-order valence-electron chi connectivity index (χ1n) is 10.7. The summed E-state index contributed by atoms with van der Waals surface area (Å²) in [6.45, 7) is 14.9. The molecule has 4 nitrogen and oxygen atoms in total. The van der Waals surface area contributed by atoms with Crippen LogP contribution >= 0.6 is 0 Å². The average molecular weight is 412 g/mol. The summed E-state index contributed by atoms with van der Waals surface area (Å²) in [5.74, 6) is 0.574. The number of ether oxygens (including phenoxy) is 2. The van der Waals surface area contributed by atoms with Crippen LogP contribution in [0.15, 0.2) is 42.5 Å². The van der Waals surface area contributed by atoms with Gasteiger partial charge in [0.05, 0.1) is 19.3 Å². The topological polar surface area (TPSA) is 47.6 Å². The van der Waals surface area contributed by atoms with Gasteiger partial charge in [-0.15, -0.1) is 0 Å². The second-order valence-corrected chi connectivity index (χ2v) is 9.80. The van der Waals surface area contributed by atoms with Gasteiger partial charge in [0.1, 0.15) is 5.75 Å². The van der Waals surface area contributed by atoms with E-state index in [2.05, 4.69) is 64.2 Å². The van der Waals surface area contributed by atoms with Crippen molar-refractivity contribution in [2.24, 2.45) is 5.41 Å². The molecule has 0 saturated heterocycles. The van der Waals surface area contributed by atoms with Gasteiger partial charge in [-0.2, -0.15) is 0 Å². The van der Waals surface area contributed by atoms with Crippen molar-refractivity contribution in [3.63, 3.8) is 0 Å². The van der Waals surface area contributed by atoms with E-state index in [4.69, 9.17) is 9.47 Å². The minimum Gasteiger partial charge on any atom is -0.494 e. The summed E-state index contributed by atoms with van der Waals surface area (Å²) >= 11 is 0. The molecule has 0 aromatic heterocycles. The molecule has 0 spiro atoms. The maximum Gasteiger partial charge on any atom is 0.337 e. The third-order valence-corrected chi connectivity index (χ3v) is 5.17. The van der Waals surface area contributed by atoms with Gasteiger partial charge in [-0.25, -0.2) is 4.79 Å². The number of hydrogen-bond acceptors (Lipinski definition) is 4. The molecule has 0 aliphatic rings. The molecule has 0 fully saturated rings. The van der Waals surface area contributed by atoms with Crippen molar-refractivity contribution >= 4 is 11.7 Å². The first kappa shape index (κ1) is 23.8. The fourth-order valence-electron chi connectivity index (χ4n) is 3.97. The van der Waals surface area contributed by atoms with Gasteiger partial charge in [-0.1, -0.05) is 52.8 Å². The van der Waals surface area contributed by atoms with Gasteiger partial charge in [-0.3, -0.25) is 0 Å². The highest BCUT2D eigenvalue weighted by molar-refractivity contribution is 5.90.